The van der Waals surface area contributed by atoms with E-state index in [0.717, 1.165) is 40.2 Å². The van der Waals surface area contributed by atoms with Crippen LogP contribution in [0.25, 0.3) is 21.7 Å². The van der Waals surface area contributed by atoms with Crippen LogP contribution in [-0.2, 0) is 16.5 Å². The molecule has 1 aliphatic rings. The summed E-state index contributed by atoms with van der Waals surface area (Å²) in [7, 11) is 1.77. The van der Waals surface area contributed by atoms with E-state index >= 15 is 0 Å². The van der Waals surface area contributed by atoms with Gasteiger partial charge in [0, 0.05) is 12.8 Å². The molecule has 24 heavy (non-hydrogen) atoms. The molecule has 0 bridgehead atoms. The molecule has 2 aromatic carbocycles. The number of thioether (sulfide) groups is 1. The quantitative estimate of drug-likeness (QED) is 0.416. The number of ether oxygens (including phenoxy) is 2. The van der Waals surface area contributed by atoms with Crippen molar-refractivity contribution in [1.29, 1.82) is 0 Å². The molecule has 0 amide bonds. The van der Waals surface area contributed by atoms with Gasteiger partial charge < -0.3 is 9.47 Å². The van der Waals surface area contributed by atoms with Gasteiger partial charge in [-0.1, -0.05) is 36.0 Å². The normalized spacial score (nSPS) is 18.3. The topological polar surface area (TPSA) is 53.4 Å². The highest BCUT2D eigenvalue weighted by Crippen LogP contribution is 2.23. The second-order valence-electron chi connectivity index (χ2n) is 5.89. The van der Waals surface area contributed by atoms with E-state index in [0.29, 0.717) is 12.2 Å². The van der Waals surface area contributed by atoms with Crippen LogP contribution in [0.1, 0.15) is 6.42 Å². The summed E-state index contributed by atoms with van der Waals surface area (Å²) in [5.41, 5.74) is 0.730. The minimum Gasteiger partial charge on any atom is -0.355 e. The van der Waals surface area contributed by atoms with E-state index in [4.69, 9.17) is 14.5 Å². The maximum atomic E-state index is 12.7. The Morgan fingerprint density at radius 2 is 2.08 bits per heavy atom. The second-order valence-corrected chi connectivity index (χ2v) is 6.88. The lowest BCUT2D eigenvalue weighted by molar-refractivity contribution is -0.130. The van der Waals surface area contributed by atoms with Gasteiger partial charge in [-0.15, -0.1) is 0 Å². The van der Waals surface area contributed by atoms with Crippen molar-refractivity contribution < 1.29 is 9.47 Å². The van der Waals surface area contributed by atoms with E-state index < -0.39 is 0 Å². The molecule has 6 heteroatoms. The van der Waals surface area contributed by atoms with Crippen molar-refractivity contribution in [2.75, 3.05) is 19.2 Å². The van der Waals surface area contributed by atoms with Gasteiger partial charge in [-0.05, 0) is 29.3 Å². The maximum Gasteiger partial charge on any atom is 0.261 e. The molecular formula is C18H18N2O3S. The molecule has 5 nitrogen and oxygen atoms in total. The molecule has 124 valence electrons. The van der Waals surface area contributed by atoms with Crippen molar-refractivity contribution in [2.24, 2.45) is 7.05 Å². The Bertz CT molecular complexity index is 948. The molecule has 1 fully saturated rings. The molecule has 0 radical (unpaired) electrons. The van der Waals surface area contributed by atoms with Crippen LogP contribution in [0.4, 0.5) is 0 Å². The zero-order valence-electron chi connectivity index (χ0n) is 13.4. The fourth-order valence-corrected chi connectivity index (χ4v) is 3.90. The molecule has 0 spiro atoms. The zero-order valence-corrected chi connectivity index (χ0v) is 14.2. The summed E-state index contributed by atoms with van der Waals surface area (Å²) < 4.78 is 12.4. The van der Waals surface area contributed by atoms with Crippen LogP contribution < -0.4 is 5.56 Å². The number of nitrogens with zero attached hydrogens (tertiary/aromatic N) is 2. The van der Waals surface area contributed by atoms with Gasteiger partial charge in [0.15, 0.2) is 5.16 Å². The summed E-state index contributed by atoms with van der Waals surface area (Å²) in [5.74, 6) is 0.767. The van der Waals surface area contributed by atoms with Gasteiger partial charge in [-0.3, -0.25) is 9.36 Å². The predicted octanol–water partition coefficient (Wildman–Crippen LogP) is 2.94. The first-order valence-electron chi connectivity index (χ1n) is 7.94. The van der Waals surface area contributed by atoms with Crippen LogP contribution >= 0.6 is 11.8 Å². The average molecular weight is 342 g/mol. The molecule has 3 aromatic rings. The fraction of sp³-hybridized carbons (Fsp3) is 0.333. The van der Waals surface area contributed by atoms with E-state index in [1.165, 1.54) is 0 Å². The molecule has 0 unspecified atom stereocenters. The smallest absolute Gasteiger partial charge is 0.261 e. The van der Waals surface area contributed by atoms with Crippen molar-refractivity contribution >= 4 is 33.4 Å². The van der Waals surface area contributed by atoms with Crippen molar-refractivity contribution in [3.63, 3.8) is 0 Å². The minimum atomic E-state index is -0.0128. The van der Waals surface area contributed by atoms with Crippen molar-refractivity contribution in [1.82, 2.24) is 9.55 Å². The SMILES string of the molecule is Cn1c(SC[C@H]2CCOCO2)nc2cc3ccccc3cc2c1=O. The van der Waals surface area contributed by atoms with Gasteiger partial charge in [0.25, 0.3) is 5.56 Å². The molecule has 0 aliphatic carbocycles. The Hall–Kier alpha value is -1.89. The molecule has 1 atom stereocenters. The Balaban J connectivity index is 1.71. The van der Waals surface area contributed by atoms with E-state index in [-0.39, 0.29) is 11.7 Å². The lowest BCUT2D eigenvalue weighted by atomic mass is 10.1. The third kappa shape index (κ3) is 2.92. The summed E-state index contributed by atoms with van der Waals surface area (Å²) in [5, 5.41) is 3.52. The number of rotatable bonds is 3. The highest BCUT2D eigenvalue weighted by atomic mass is 32.2. The van der Waals surface area contributed by atoms with Crippen molar-refractivity contribution in [2.45, 2.75) is 17.7 Å². The summed E-state index contributed by atoms with van der Waals surface area (Å²) in [4.78, 5) is 17.4. The Morgan fingerprint density at radius 3 is 2.83 bits per heavy atom. The van der Waals surface area contributed by atoms with Crippen molar-refractivity contribution in [3.05, 3.63) is 46.8 Å². The van der Waals surface area contributed by atoms with Gasteiger partial charge in [-0.2, -0.15) is 0 Å². The predicted molar refractivity (Wildman–Crippen MR) is 95.5 cm³/mol. The number of hydrogen-bond donors (Lipinski definition) is 0. The summed E-state index contributed by atoms with van der Waals surface area (Å²) >= 11 is 1.56. The Morgan fingerprint density at radius 1 is 1.29 bits per heavy atom. The molecule has 1 aromatic heterocycles. The van der Waals surface area contributed by atoms with Gasteiger partial charge in [0.05, 0.1) is 23.6 Å². The molecule has 4 rings (SSSR count). The maximum absolute atomic E-state index is 12.7. The highest BCUT2D eigenvalue weighted by molar-refractivity contribution is 7.99. The number of fused-ring (bicyclic) bond motifs is 2. The lowest BCUT2D eigenvalue weighted by Gasteiger charge is -2.22. The molecular weight excluding hydrogens is 324 g/mol. The van der Waals surface area contributed by atoms with Crippen LogP contribution in [-0.4, -0.2) is 34.8 Å². The first-order valence-corrected chi connectivity index (χ1v) is 8.92. The van der Waals surface area contributed by atoms with E-state index in [9.17, 15) is 4.79 Å². The minimum absolute atomic E-state index is 0.0128. The number of hydrogen-bond acceptors (Lipinski definition) is 5. The third-order valence-corrected chi connectivity index (χ3v) is 5.43. The van der Waals surface area contributed by atoms with Crippen LogP contribution in [0.15, 0.2) is 46.3 Å². The Labute approximate surface area is 143 Å². The standard InChI is InChI=1S/C18H18N2O3S/c1-20-17(21)15-8-12-4-2-3-5-13(12)9-16(15)19-18(20)24-10-14-6-7-22-11-23-14/h2-5,8-9,14H,6-7,10-11H2,1H3/t14-/m1/s1. The van der Waals surface area contributed by atoms with Gasteiger partial charge in [-0.25, -0.2) is 4.98 Å². The first-order chi connectivity index (χ1) is 11.7. The van der Waals surface area contributed by atoms with Crippen LogP contribution in [0, 0.1) is 0 Å². The summed E-state index contributed by atoms with van der Waals surface area (Å²) in [6, 6.07) is 11.9. The molecule has 2 heterocycles. The van der Waals surface area contributed by atoms with E-state index in [2.05, 4.69) is 0 Å². The summed E-state index contributed by atoms with van der Waals surface area (Å²) in [6.07, 6.45) is 1.02. The first kappa shape index (κ1) is 15.6. The third-order valence-electron chi connectivity index (χ3n) is 4.27. The summed E-state index contributed by atoms with van der Waals surface area (Å²) in [6.45, 7) is 1.07. The van der Waals surface area contributed by atoms with E-state index in [1.54, 1.807) is 23.4 Å². The molecule has 1 saturated heterocycles. The van der Waals surface area contributed by atoms with E-state index in [1.807, 2.05) is 36.4 Å². The highest BCUT2D eigenvalue weighted by Gasteiger charge is 2.16. The van der Waals surface area contributed by atoms with Crippen LogP contribution in [0.2, 0.25) is 0 Å². The zero-order chi connectivity index (χ0) is 16.5. The second kappa shape index (κ2) is 6.55. The average Bonchev–Trinajstić information content (AvgIpc) is 2.63. The van der Waals surface area contributed by atoms with Crippen LogP contribution in [0.3, 0.4) is 0 Å². The molecule has 0 N–H and O–H groups in total. The molecule has 0 saturated carbocycles. The number of aromatic nitrogens is 2. The fourth-order valence-electron chi connectivity index (χ4n) is 2.87. The number of benzene rings is 2. The largest absolute Gasteiger partial charge is 0.355 e. The monoisotopic (exact) mass is 342 g/mol. The van der Waals surface area contributed by atoms with Crippen molar-refractivity contribution in [3.8, 4) is 0 Å². The van der Waals surface area contributed by atoms with Gasteiger partial charge in [0.1, 0.15) is 6.79 Å². The Kier molecular flexibility index (Phi) is 4.26. The van der Waals surface area contributed by atoms with Gasteiger partial charge >= 0.3 is 0 Å². The molecule has 1 aliphatic heterocycles. The van der Waals surface area contributed by atoms with Gasteiger partial charge in [0.2, 0.25) is 0 Å². The van der Waals surface area contributed by atoms with Crippen LogP contribution in [0.5, 0.6) is 0 Å². The lowest BCUT2D eigenvalue weighted by Crippen LogP contribution is -2.26.